The second-order valence-electron chi connectivity index (χ2n) is 6.25. The maximum Gasteiger partial charge on any atom is 0.244 e. The lowest BCUT2D eigenvalue weighted by atomic mass is 10.2. The summed E-state index contributed by atoms with van der Waals surface area (Å²) in [6.07, 6.45) is 3.27. The Balaban J connectivity index is 2.09. The Hall–Kier alpha value is -1.87. The van der Waals surface area contributed by atoms with Crippen molar-refractivity contribution in [2.75, 3.05) is 18.1 Å². The van der Waals surface area contributed by atoms with Gasteiger partial charge >= 0.3 is 0 Å². The molecule has 1 fully saturated rings. The van der Waals surface area contributed by atoms with Crippen molar-refractivity contribution in [1.82, 2.24) is 20.4 Å². The van der Waals surface area contributed by atoms with Gasteiger partial charge in [-0.15, -0.1) is 0 Å². The highest BCUT2D eigenvalue weighted by Gasteiger charge is 2.31. The Kier molecular flexibility index (Phi) is 6.46. The van der Waals surface area contributed by atoms with Crippen LogP contribution in [-0.4, -0.2) is 54.1 Å². The molecule has 0 spiro atoms. The molecule has 0 aliphatic carbocycles. The monoisotopic (exact) mass is 402 g/mol. The van der Waals surface area contributed by atoms with Crippen LogP contribution in [0, 0.1) is 6.92 Å². The van der Waals surface area contributed by atoms with Crippen molar-refractivity contribution < 1.29 is 18.0 Å². The number of nitrogens with one attached hydrogen (secondary N) is 2. The molecule has 2 N–H and O–H groups in total. The summed E-state index contributed by atoms with van der Waals surface area (Å²) in [4.78, 5) is 23.6. The van der Waals surface area contributed by atoms with Crippen molar-refractivity contribution in [2.45, 2.75) is 39.3 Å². The van der Waals surface area contributed by atoms with E-state index in [1.165, 1.54) is 16.8 Å². The first-order chi connectivity index (χ1) is 12.1. The zero-order valence-corrected chi connectivity index (χ0v) is 16.5. The van der Waals surface area contributed by atoms with Gasteiger partial charge in [0, 0.05) is 18.2 Å². The molecule has 2 amide bonds. The second kappa shape index (κ2) is 8.22. The molecule has 144 valence electrons. The number of likely N-dealkylation sites (N-methyl/N-ethyl adjacent to an activating group) is 1. The van der Waals surface area contributed by atoms with Crippen molar-refractivity contribution in [2.24, 2.45) is 0 Å². The van der Waals surface area contributed by atoms with E-state index in [1.807, 2.05) is 0 Å². The summed E-state index contributed by atoms with van der Waals surface area (Å²) in [5.41, 5.74) is 1.15. The average Bonchev–Trinajstić information content (AvgIpc) is 3.05. The van der Waals surface area contributed by atoms with Crippen molar-refractivity contribution in [3.63, 3.8) is 0 Å². The van der Waals surface area contributed by atoms with Crippen molar-refractivity contribution in [3.05, 3.63) is 22.5 Å². The lowest BCUT2D eigenvalue weighted by molar-refractivity contribution is -0.126. The molecule has 0 bridgehead atoms. The molecule has 1 aromatic rings. The first-order valence-corrected chi connectivity index (χ1v) is 10.6. The number of halogens is 1. The van der Waals surface area contributed by atoms with E-state index in [2.05, 4.69) is 15.7 Å². The van der Waals surface area contributed by atoms with E-state index in [0.717, 1.165) is 0 Å². The third kappa shape index (κ3) is 4.85. The van der Waals surface area contributed by atoms with Crippen molar-refractivity contribution >= 4 is 39.3 Å². The van der Waals surface area contributed by atoms with E-state index in [9.17, 15) is 18.0 Å². The van der Waals surface area contributed by atoms with E-state index in [1.54, 1.807) is 20.8 Å². The molecule has 0 unspecified atom stereocenters. The van der Waals surface area contributed by atoms with Crippen LogP contribution in [0.4, 0.5) is 0 Å². The molecule has 0 radical (unpaired) electrons. The van der Waals surface area contributed by atoms with E-state index < -0.39 is 21.8 Å². The minimum Gasteiger partial charge on any atom is -0.355 e. The first-order valence-electron chi connectivity index (χ1n) is 8.36. The number of rotatable bonds is 6. The summed E-state index contributed by atoms with van der Waals surface area (Å²) in [5, 5.41) is 9.80. The highest BCUT2D eigenvalue weighted by molar-refractivity contribution is 7.91. The Morgan fingerprint density at radius 1 is 1.46 bits per heavy atom. The van der Waals surface area contributed by atoms with Gasteiger partial charge < -0.3 is 10.6 Å². The van der Waals surface area contributed by atoms with Crippen LogP contribution in [0.5, 0.6) is 0 Å². The number of sulfone groups is 1. The molecule has 1 aromatic heterocycles. The standard InChI is InChI=1S/C16H23ClN4O4S/c1-4-18-16(23)11(3)19-14(22)6-5-13-10(2)20-21(15(13)17)12-7-8-26(24,25)9-12/h5-6,11-12H,4,7-9H2,1-3H3,(H,18,23)(H,19,22)/b6-5+/t11-,12-/m0/s1. The van der Waals surface area contributed by atoms with Gasteiger partial charge in [0.15, 0.2) is 9.84 Å². The fraction of sp³-hybridized carbons (Fsp3) is 0.562. The molecule has 2 rings (SSSR count). The molecule has 2 heterocycles. The van der Waals surface area contributed by atoms with Crippen LogP contribution in [0.3, 0.4) is 0 Å². The number of amides is 2. The molecule has 8 nitrogen and oxygen atoms in total. The topological polar surface area (TPSA) is 110 Å². The summed E-state index contributed by atoms with van der Waals surface area (Å²) in [5.74, 6) is -0.561. The van der Waals surface area contributed by atoms with E-state index in [-0.39, 0.29) is 23.5 Å². The second-order valence-corrected chi connectivity index (χ2v) is 8.84. The molecule has 10 heteroatoms. The van der Waals surface area contributed by atoms with Crippen LogP contribution >= 0.6 is 11.6 Å². The van der Waals surface area contributed by atoms with Crippen LogP contribution in [0.2, 0.25) is 5.15 Å². The Labute approximate surface area is 157 Å². The third-order valence-corrected chi connectivity index (χ3v) is 6.26. The Morgan fingerprint density at radius 2 is 2.15 bits per heavy atom. The first kappa shape index (κ1) is 20.4. The van der Waals surface area contributed by atoms with E-state index in [0.29, 0.717) is 29.4 Å². The lowest BCUT2D eigenvalue weighted by Gasteiger charge is -2.11. The zero-order chi connectivity index (χ0) is 19.5. The summed E-state index contributed by atoms with van der Waals surface area (Å²) in [6, 6.07) is -0.949. The predicted molar refractivity (Wildman–Crippen MR) is 99.6 cm³/mol. The zero-order valence-electron chi connectivity index (χ0n) is 15.0. The van der Waals surface area contributed by atoms with Gasteiger partial charge in [-0.1, -0.05) is 11.6 Å². The van der Waals surface area contributed by atoms with Crippen LogP contribution in [0.1, 0.15) is 37.6 Å². The van der Waals surface area contributed by atoms with Crippen LogP contribution in [0.15, 0.2) is 6.08 Å². The average molecular weight is 403 g/mol. The number of nitrogens with zero attached hydrogens (tertiary/aromatic N) is 2. The van der Waals surface area contributed by atoms with Crippen LogP contribution in [0.25, 0.3) is 6.08 Å². The van der Waals surface area contributed by atoms with Crippen molar-refractivity contribution in [3.8, 4) is 0 Å². The maximum atomic E-state index is 12.0. The normalized spacial score (nSPS) is 20.2. The summed E-state index contributed by atoms with van der Waals surface area (Å²) < 4.78 is 24.8. The molecule has 2 atom stereocenters. The molecular weight excluding hydrogens is 380 g/mol. The molecular formula is C16H23ClN4O4S. The molecule has 0 aromatic carbocycles. The smallest absolute Gasteiger partial charge is 0.244 e. The summed E-state index contributed by atoms with van der Waals surface area (Å²) in [6.45, 7) is 5.61. The van der Waals surface area contributed by atoms with E-state index >= 15 is 0 Å². The molecule has 0 saturated carbocycles. The quantitative estimate of drug-likeness (QED) is 0.685. The van der Waals surface area contributed by atoms with Gasteiger partial charge in [0.25, 0.3) is 0 Å². The highest BCUT2D eigenvalue weighted by atomic mass is 35.5. The van der Waals surface area contributed by atoms with Gasteiger partial charge in [-0.05, 0) is 33.3 Å². The lowest BCUT2D eigenvalue weighted by Crippen LogP contribution is -2.44. The number of hydrogen-bond acceptors (Lipinski definition) is 5. The third-order valence-electron chi connectivity index (χ3n) is 4.13. The van der Waals surface area contributed by atoms with Gasteiger partial charge in [-0.2, -0.15) is 5.10 Å². The summed E-state index contributed by atoms with van der Waals surface area (Å²) >= 11 is 6.34. The number of hydrogen-bond donors (Lipinski definition) is 2. The number of aryl methyl sites for hydroxylation is 1. The van der Waals surface area contributed by atoms with Crippen LogP contribution < -0.4 is 10.6 Å². The van der Waals surface area contributed by atoms with Gasteiger partial charge in [-0.3, -0.25) is 9.59 Å². The Morgan fingerprint density at radius 3 is 2.73 bits per heavy atom. The van der Waals surface area contributed by atoms with Gasteiger partial charge in [-0.25, -0.2) is 13.1 Å². The fourth-order valence-corrected chi connectivity index (χ4v) is 4.81. The minimum atomic E-state index is -3.06. The largest absolute Gasteiger partial charge is 0.355 e. The number of carbonyl (C=O) groups excluding carboxylic acids is 2. The summed E-state index contributed by atoms with van der Waals surface area (Å²) in [7, 11) is -3.06. The molecule has 1 aliphatic rings. The number of carbonyl (C=O) groups is 2. The SMILES string of the molecule is CCNC(=O)[C@H](C)NC(=O)/C=C/c1c(C)nn([C@H]2CCS(=O)(=O)C2)c1Cl. The van der Waals surface area contributed by atoms with Gasteiger partial charge in [0.05, 0.1) is 23.2 Å². The molecule has 1 saturated heterocycles. The van der Waals surface area contributed by atoms with E-state index in [4.69, 9.17) is 11.6 Å². The van der Waals surface area contributed by atoms with Gasteiger partial charge in [0.2, 0.25) is 11.8 Å². The fourth-order valence-electron chi connectivity index (χ4n) is 2.75. The molecule has 26 heavy (non-hydrogen) atoms. The van der Waals surface area contributed by atoms with Crippen molar-refractivity contribution in [1.29, 1.82) is 0 Å². The highest BCUT2D eigenvalue weighted by Crippen LogP contribution is 2.30. The van der Waals surface area contributed by atoms with Gasteiger partial charge in [0.1, 0.15) is 11.2 Å². The number of aromatic nitrogens is 2. The maximum absolute atomic E-state index is 12.0. The Bertz CT molecular complexity index is 832. The molecule has 1 aliphatic heterocycles. The predicted octanol–water partition coefficient (Wildman–Crippen LogP) is 0.859. The minimum absolute atomic E-state index is 0.0154. The van der Waals surface area contributed by atoms with Crippen LogP contribution in [-0.2, 0) is 19.4 Å².